The lowest BCUT2D eigenvalue weighted by molar-refractivity contribution is 0.0789. The number of hydrogen-bond acceptors (Lipinski definition) is 4. The Morgan fingerprint density at radius 1 is 1.21 bits per heavy atom. The van der Waals surface area contributed by atoms with E-state index in [4.69, 9.17) is 0 Å². The minimum Gasteiger partial charge on any atom is -0.612 e. The molecule has 1 aliphatic rings. The van der Waals surface area contributed by atoms with Gasteiger partial charge in [0.05, 0.1) is 17.1 Å². The molecule has 2 aromatic heterocycles. The van der Waals surface area contributed by atoms with Crippen LogP contribution in [0.2, 0.25) is 0 Å². The number of rotatable bonds is 6. The molecule has 33 heavy (non-hydrogen) atoms. The van der Waals surface area contributed by atoms with Crippen LogP contribution >= 0.6 is 0 Å². The summed E-state index contributed by atoms with van der Waals surface area (Å²) in [5.41, 5.74) is 2.24. The fraction of sp³-hybridized carbons (Fsp3) is 0.240. The lowest BCUT2D eigenvalue weighted by atomic mass is 10.1. The molecule has 0 aliphatic heterocycles. The molecule has 0 N–H and O–H groups in total. The van der Waals surface area contributed by atoms with Crippen LogP contribution in [0.15, 0.2) is 66.0 Å². The molecule has 1 fully saturated rings. The van der Waals surface area contributed by atoms with E-state index in [-0.39, 0.29) is 11.7 Å². The van der Waals surface area contributed by atoms with E-state index in [0.29, 0.717) is 39.0 Å². The number of nitrogens with zero attached hydrogens (tertiary/aromatic N) is 4. The summed E-state index contributed by atoms with van der Waals surface area (Å²) in [5, 5.41) is 0.777. The van der Waals surface area contributed by atoms with Crippen molar-refractivity contribution in [2.24, 2.45) is 5.92 Å². The molecule has 0 radical (unpaired) electrons. The van der Waals surface area contributed by atoms with E-state index >= 15 is 0 Å². The molecule has 1 atom stereocenters. The van der Waals surface area contributed by atoms with Gasteiger partial charge in [0.15, 0.2) is 4.90 Å². The van der Waals surface area contributed by atoms with Crippen LogP contribution in [0, 0.1) is 11.7 Å². The van der Waals surface area contributed by atoms with Gasteiger partial charge in [-0.25, -0.2) is 14.4 Å². The monoisotopic (exact) mass is 462 g/mol. The number of benzene rings is 2. The molecule has 1 saturated carbocycles. The number of carbonyl (C=O) groups is 1. The molecule has 1 aliphatic carbocycles. The molecule has 0 saturated heterocycles. The summed E-state index contributed by atoms with van der Waals surface area (Å²) < 4.78 is 28.2. The highest BCUT2D eigenvalue weighted by Crippen LogP contribution is 2.31. The van der Waals surface area contributed by atoms with Crippen molar-refractivity contribution < 1.29 is 13.7 Å². The molecule has 1 unspecified atom stereocenters. The molecular weight excluding hydrogens is 439 g/mol. The molecular formula is C25H23FN4O2S. The minimum absolute atomic E-state index is 0.0495. The van der Waals surface area contributed by atoms with Gasteiger partial charge in [0, 0.05) is 42.7 Å². The Bertz CT molecular complexity index is 1330. The van der Waals surface area contributed by atoms with E-state index in [1.54, 1.807) is 64.6 Å². The summed E-state index contributed by atoms with van der Waals surface area (Å²) in [6, 6.07) is 11.9. The number of carbonyl (C=O) groups excluding carboxylic acids is 1. The second-order valence-electron chi connectivity index (χ2n) is 8.43. The highest BCUT2D eigenvalue weighted by molar-refractivity contribution is 7.91. The normalized spacial score (nSPS) is 14.4. The quantitative estimate of drug-likeness (QED) is 0.397. The summed E-state index contributed by atoms with van der Waals surface area (Å²) in [6.45, 7) is 0.753. The van der Waals surface area contributed by atoms with Gasteiger partial charge < -0.3 is 9.45 Å². The van der Waals surface area contributed by atoms with Crippen molar-refractivity contribution in [1.29, 1.82) is 0 Å². The van der Waals surface area contributed by atoms with E-state index in [1.807, 2.05) is 13.1 Å². The fourth-order valence-corrected chi connectivity index (χ4v) is 4.73. The molecule has 2 heterocycles. The average Bonchev–Trinajstić information content (AvgIpc) is 3.55. The maximum Gasteiger partial charge on any atom is 0.253 e. The molecule has 8 heteroatoms. The van der Waals surface area contributed by atoms with Crippen molar-refractivity contribution in [1.82, 2.24) is 19.4 Å². The Labute approximate surface area is 194 Å². The van der Waals surface area contributed by atoms with Crippen LogP contribution in [-0.4, -0.2) is 49.7 Å². The number of aromatic nitrogens is 3. The van der Waals surface area contributed by atoms with Gasteiger partial charge in [0.2, 0.25) is 5.95 Å². The largest absolute Gasteiger partial charge is 0.612 e. The molecule has 4 aromatic rings. The standard InChI is InChI=1S/C25H23FN4O2S/c1-29(14-16-7-8-16)24(31)17-9-10-20-22(11-17)30(15-23(20)33(2)32)25-27-12-18(13-28-25)19-5-3-4-6-21(19)26/h3-6,9-13,15-16H,7-8,14H2,1-2H3. The molecule has 2 aromatic carbocycles. The highest BCUT2D eigenvalue weighted by Gasteiger charge is 2.26. The lowest BCUT2D eigenvalue weighted by Crippen LogP contribution is -2.28. The summed E-state index contributed by atoms with van der Waals surface area (Å²) in [6.07, 6.45) is 8.82. The number of hydrogen-bond donors (Lipinski definition) is 0. The smallest absolute Gasteiger partial charge is 0.253 e. The summed E-state index contributed by atoms with van der Waals surface area (Å²) in [5.74, 6) is 0.559. The van der Waals surface area contributed by atoms with Crippen molar-refractivity contribution >= 4 is 28.0 Å². The van der Waals surface area contributed by atoms with E-state index in [9.17, 15) is 13.7 Å². The zero-order chi connectivity index (χ0) is 23.1. The second-order valence-corrected chi connectivity index (χ2v) is 9.78. The molecule has 168 valence electrons. The third-order valence-corrected chi connectivity index (χ3v) is 6.88. The van der Waals surface area contributed by atoms with Gasteiger partial charge in [0.25, 0.3) is 5.91 Å². The van der Waals surface area contributed by atoms with Gasteiger partial charge in [-0.15, -0.1) is 0 Å². The van der Waals surface area contributed by atoms with Crippen molar-refractivity contribution in [3.05, 3.63) is 72.4 Å². The van der Waals surface area contributed by atoms with Gasteiger partial charge in [0.1, 0.15) is 12.1 Å². The molecule has 0 spiro atoms. The number of halogens is 1. The van der Waals surface area contributed by atoms with Gasteiger partial charge in [-0.05, 0) is 54.2 Å². The minimum atomic E-state index is -1.24. The Kier molecular flexibility index (Phi) is 5.64. The first kappa shape index (κ1) is 21.6. The van der Waals surface area contributed by atoms with E-state index in [0.717, 1.165) is 11.9 Å². The van der Waals surface area contributed by atoms with Gasteiger partial charge in [-0.1, -0.05) is 18.2 Å². The topological polar surface area (TPSA) is 74.1 Å². The van der Waals surface area contributed by atoms with Crippen LogP contribution in [0.1, 0.15) is 23.2 Å². The SMILES string of the molecule is CN(CC1CC1)C(=O)c1ccc2c([S+](C)[O-])cn(-c3ncc(-c4ccccc4F)cn3)c2c1. The maximum atomic E-state index is 14.1. The Hall–Kier alpha value is -3.23. The average molecular weight is 463 g/mol. The Morgan fingerprint density at radius 2 is 1.94 bits per heavy atom. The predicted octanol–water partition coefficient (Wildman–Crippen LogP) is 4.45. The highest BCUT2D eigenvalue weighted by atomic mass is 32.2. The first-order valence-electron chi connectivity index (χ1n) is 10.7. The Morgan fingerprint density at radius 3 is 2.61 bits per heavy atom. The fourth-order valence-electron chi connectivity index (χ4n) is 3.99. The van der Waals surface area contributed by atoms with Crippen molar-refractivity contribution in [2.75, 3.05) is 19.8 Å². The zero-order valence-corrected chi connectivity index (χ0v) is 19.2. The summed E-state index contributed by atoms with van der Waals surface area (Å²) >= 11 is -1.24. The van der Waals surface area contributed by atoms with E-state index in [2.05, 4.69) is 9.97 Å². The molecule has 5 rings (SSSR count). The van der Waals surface area contributed by atoms with Gasteiger partial charge in [-0.2, -0.15) is 0 Å². The molecule has 1 amide bonds. The molecule has 6 nitrogen and oxygen atoms in total. The van der Waals surface area contributed by atoms with Gasteiger partial charge in [-0.3, -0.25) is 9.36 Å². The van der Waals surface area contributed by atoms with Crippen LogP contribution < -0.4 is 0 Å². The predicted molar refractivity (Wildman–Crippen MR) is 126 cm³/mol. The van der Waals surface area contributed by atoms with Crippen LogP contribution in [0.5, 0.6) is 0 Å². The Balaban J connectivity index is 1.55. The van der Waals surface area contributed by atoms with E-state index in [1.165, 1.54) is 18.9 Å². The third-order valence-electron chi connectivity index (χ3n) is 5.94. The van der Waals surface area contributed by atoms with Crippen LogP contribution in [-0.2, 0) is 11.2 Å². The van der Waals surface area contributed by atoms with Crippen LogP contribution in [0.25, 0.3) is 28.0 Å². The molecule has 0 bridgehead atoms. The van der Waals surface area contributed by atoms with Crippen molar-refractivity contribution in [3.63, 3.8) is 0 Å². The van der Waals surface area contributed by atoms with Crippen molar-refractivity contribution in [2.45, 2.75) is 17.7 Å². The summed E-state index contributed by atoms with van der Waals surface area (Å²) in [4.78, 5) is 24.2. The lowest BCUT2D eigenvalue weighted by Gasteiger charge is -2.17. The summed E-state index contributed by atoms with van der Waals surface area (Å²) in [7, 11) is 1.82. The van der Waals surface area contributed by atoms with E-state index < -0.39 is 11.2 Å². The first-order valence-corrected chi connectivity index (χ1v) is 12.3. The van der Waals surface area contributed by atoms with Crippen LogP contribution in [0.4, 0.5) is 4.39 Å². The van der Waals surface area contributed by atoms with Crippen molar-refractivity contribution in [3.8, 4) is 17.1 Å². The van der Waals surface area contributed by atoms with Gasteiger partial charge >= 0.3 is 0 Å². The third kappa shape index (κ3) is 4.24. The number of fused-ring (bicyclic) bond motifs is 1. The number of amides is 1. The maximum absolute atomic E-state index is 14.1. The second kappa shape index (κ2) is 8.61. The van der Waals surface area contributed by atoms with Crippen LogP contribution in [0.3, 0.4) is 0 Å². The first-order chi connectivity index (χ1) is 15.9. The zero-order valence-electron chi connectivity index (χ0n) is 18.4.